The summed E-state index contributed by atoms with van der Waals surface area (Å²) in [5.41, 5.74) is 3.57. The van der Waals surface area contributed by atoms with Crippen LogP contribution in [0, 0.1) is 24.0 Å². The Hall–Kier alpha value is -3.19. The monoisotopic (exact) mass is 426 g/mol. The Morgan fingerprint density at radius 1 is 1.17 bits per heavy atom. The van der Waals surface area contributed by atoms with Crippen molar-refractivity contribution < 1.29 is 9.72 Å². The fourth-order valence-electron chi connectivity index (χ4n) is 2.97. The summed E-state index contributed by atoms with van der Waals surface area (Å²) in [6.45, 7) is 10.1. The van der Waals surface area contributed by atoms with Crippen LogP contribution in [0.1, 0.15) is 48.0 Å². The van der Waals surface area contributed by atoms with Crippen LogP contribution in [-0.2, 0) is 5.41 Å². The Morgan fingerprint density at radius 3 is 2.47 bits per heavy atom. The summed E-state index contributed by atoms with van der Waals surface area (Å²) < 4.78 is 1.71. The molecular formula is C22H23ClN4O3. The van der Waals surface area contributed by atoms with Gasteiger partial charge in [0.25, 0.3) is 11.6 Å². The first-order valence-electron chi connectivity index (χ1n) is 9.41. The summed E-state index contributed by atoms with van der Waals surface area (Å²) in [5, 5.41) is 18.5. The highest BCUT2D eigenvalue weighted by molar-refractivity contribution is 6.34. The highest BCUT2D eigenvalue weighted by Crippen LogP contribution is 2.29. The number of anilines is 1. The molecule has 7 nitrogen and oxygen atoms in total. The number of aryl methyl sites for hydroxylation is 1. The third-order valence-corrected chi connectivity index (χ3v) is 5.24. The summed E-state index contributed by atoms with van der Waals surface area (Å²) in [5.74, 6) is 0.0230. The van der Waals surface area contributed by atoms with Crippen molar-refractivity contribution in [2.24, 2.45) is 0 Å². The van der Waals surface area contributed by atoms with Gasteiger partial charge in [-0.1, -0.05) is 44.5 Å². The molecule has 0 aliphatic rings. The fraction of sp³-hybridized carbons (Fsp3) is 0.273. The number of amides is 1. The van der Waals surface area contributed by atoms with Crippen LogP contribution in [0.25, 0.3) is 5.69 Å². The van der Waals surface area contributed by atoms with Crippen molar-refractivity contribution in [1.29, 1.82) is 0 Å². The highest BCUT2D eigenvalue weighted by Gasteiger charge is 2.23. The highest BCUT2D eigenvalue weighted by atomic mass is 35.5. The molecule has 2 aromatic carbocycles. The Morgan fingerprint density at radius 2 is 1.87 bits per heavy atom. The molecule has 0 unspecified atom stereocenters. The molecule has 1 N–H and O–H groups in total. The number of carbonyl (C=O) groups excluding carboxylic acids is 1. The van der Waals surface area contributed by atoms with E-state index in [0.717, 1.165) is 22.5 Å². The number of hydrogen-bond donors (Lipinski definition) is 1. The number of carbonyl (C=O) groups is 1. The topological polar surface area (TPSA) is 90.1 Å². The van der Waals surface area contributed by atoms with Gasteiger partial charge in [0.2, 0.25) is 0 Å². The van der Waals surface area contributed by atoms with Gasteiger partial charge in [-0.2, -0.15) is 5.10 Å². The standard InChI is InChI=1S/C22H23ClN4O3/c1-13-7-6-8-18(14(13)2)26-20(12-19(25-26)22(3,4)5)24-21(28)16-10-9-15(27(29)30)11-17(16)23/h6-12H,1-5H3,(H,24,28). The minimum Gasteiger partial charge on any atom is -0.306 e. The predicted molar refractivity (Wildman–Crippen MR) is 118 cm³/mol. The molecule has 1 amide bonds. The molecule has 3 rings (SSSR count). The van der Waals surface area contributed by atoms with Crippen LogP contribution in [0.4, 0.5) is 11.5 Å². The predicted octanol–water partition coefficient (Wildman–Crippen LogP) is 5.60. The minimum absolute atomic E-state index is 0.00977. The van der Waals surface area contributed by atoms with E-state index in [4.69, 9.17) is 16.7 Å². The number of nitro groups is 1. The lowest BCUT2D eigenvalue weighted by Crippen LogP contribution is -2.16. The second-order valence-electron chi connectivity index (χ2n) is 8.17. The average Bonchev–Trinajstić information content (AvgIpc) is 3.07. The number of aromatic nitrogens is 2. The van der Waals surface area contributed by atoms with Gasteiger partial charge in [-0.3, -0.25) is 14.9 Å². The van der Waals surface area contributed by atoms with Gasteiger partial charge in [0.05, 0.1) is 26.9 Å². The lowest BCUT2D eigenvalue weighted by Gasteiger charge is -2.15. The zero-order valence-electron chi connectivity index (χ0n) is 17.5. The molecule has 0 atom stereocenters. The zero-order valence-corrected chi connectivity index (χ0v) is 18.2. The van der Waals surface area contributed by atoms with E-state index in [1.807, 2.05) is 58.9 Å². The van der Waals surface area contributed by atoms with Crippen LogP contribution >= 0.6 is 11.6 Å². The van der Waals surface area contributed by atoms with E-state index in [0.29, 0.717) is 5.82 Å². The number of benzene rings is 2. The molecule has 8 heteroatoms. The number of nitrogens with one attached hydrogen (secondary N) is 1. The van der Waals surface area contributed by atoms with E-state index in [2.05, 4.69) is 5.32 Å². The minimum atomic E-state index is -0.557. The molecule has 0 aliphatic heterocycles. The summed E-state index contributed by atoms with van der Waals surface area (Å²) >= 11 is 6.13. The van der Waals surface area contributed by atoms with Gasteiger partial charge in [-0.25, -0.2) is 4.68 Å². The first-order chi connectivity index (χ1) is 14.0. The normalized spacial score (nSPS) is 11.4. The van der Waals surface area contributed by atoms with E-state index in [1.54, 1.807) is 4.68 Å². The maximum absolute atomic E-state index is 12.9. The fourth-order valence-corrected chi connectivity index (χ4v) is 3.23. The number of nitrogens with zero attached hydrogens (tertiary/aromatic N) is 3. The van der Waals surface area contributed by atoms with Gasteiger partial charge < -0.3 is 5.32 Å². The first-order valence-corrected chi connectivity index (χ1v) is 9.79. The Kier molecular flexibility index (Phi) is 5.67. The van der Waals surface area contributed by atoms with Crippen LogP contribution in [-0.4, -0.2) is 20.6 Å². The van der Waals surface area contributed by atoms with Crippen molar-refractivity contribution in [3.63, 3.8) is 0 Å². The second-order valence-corrected chi connectivity index (χ2v) is 8.58. The smallest absolute Gasteiger partial charge is 0.270 e. The van der Waals surface area contributed by atoms with Crippen LogP contribution in [0.2, 0.25) is 5.02 Å². The lowest BCUT2D eigenvalue weighted by atomic mass is 9.92. The lowest BCUT2D eigenvalue weighted by molar-refractivity contribution is -0.384. The SMILES string of the molecule is Cc1cccc(-n2nc(C(C)(C)C)cc2NC(=O)c2ccc([N+](=O)[O-])cc2Cl)c1C. The molecule has 0 saturated heterocycles. The van der Waals surface area contributed by atoms with Gasteiger partial charge in [0.15, 0.2) is 0 Å². The number of hydrogen-bond acceptors (Lipinski definition) is 4. The molecular weight excluding hydrogens is 404 g/mol. The van der Waals surface area contributed by atoms with E-state index < -0.39 is 10.8 Å². The Labute approximate surface area is 179 Å². The molecule has 0 saturated carbocycles. The van der Waals surface area contributed by atoms with E-state index in [-0.39, 0.29) is 21.7 Å². The van der Waals surface area contributed by atoms with Crippen LogP contribution < -0.4 is 5.32 Å². The van der Waals surface area contributed by atoms with Crippen molar-refractivity contribution >= 4 is 29.0 Å². The molecule has 1 aromatic heterocycles. The zero-order chi connectivity index (χ0) is 22.2. The maximum Gasteiger partial charge on any atom is 0.270 e. The number of rotatable bonds is 4. The summed E-state index contributed by atoms with van der Waals surface area (Å²) in [4.78, 5) is 23.3. The molecule has 3 aromatic rings. The molecule has 30 heavy (non-hydrogen) atoms. The molecule has 1 heterocycles. The van der Waals surface area contributed by atoms with E-state index >= 15 is 0 Å². The molecule has 0 bridgehead atoms. The third kappa shape index (κ3) is 4.21. The quantitative estimate of drug-likeness (QED) is 0.434. The third-order valence-electron chi connectivity index (χ3n) is 4.93. The molecule has 0 spiro atoms. The summed E-state index contributed by atoms with van der Waals surface area (Å²) in [6.07, 6.45) is 0. The van der Waals surface area contributed by atoms with Crippen LogP contribution in [0.3, 0.4) is 0 Å². The van der Waals surface area contributed by atoms with Crippen molar-refractivity contribution in [3.05, 3.63) is 80.0 Å². The van der Waals surface area contributed by atoms with Crippen LogP contribution in [0.15, 0.2) is 42.5 Å². The van der Waals surface area contributed by atoms with Crippen molar-refractivity contribution in [3.8, 4) is 5.69 Å². The summed E-state index contributed by atoms with van der Waals surface area (Å²) in [6, 6.07) is 11.5. The molecule has 0 aliphatic carbocycles. The Balaban J connectivity index is 2.05. The molecule has 156 valence electrons. The van der Waals surface area contributed by atoms with Crippen LogP contribution in [0.5, 0.6) is 0 Å². The van der Waals surface area contributed by atoms with Crippen molar-refractivity contribution in [2.45, 2.75) is 40.0 Å². The molecule has 0 radical (unpaired) electrons. The molecule has 0 fully saturated rings. The van der Waals surface area contributed by atoms with Crippen molar-refractivity contribution in [1.82, 2.24) is 9.78 Å². The second kappa shape index (κ2) is 7.91. The van der Waals surface area contributed by atoms with Crippen molar-refractivity contribution in [2.75, 3.05) is 5.32 Å². The number of nitro benzene ring substituents is 1. The number of non-ortho nitro benzene ring substituents is 1. The van der Waals surface area contributed by atoms with Gasteiger partial charge in [0, 0.05) is 23.6 Å². The average molecular weight is 427 g/mol. The number of halogens is 1. The largest absolute Gasteiger partial charge is 0.306 e. The van der Waals surface area contributed by atoms with Gasteiger partial charge in [-0.15, -0.1) is 0 Å². The Bertz CT molecular complexity index is 1150. The van der Waals surface area contributed by atoms with Gasteiger partial charge in [0.1, 0.15) is 5.82 Å². The summed E-state index contributed by atoms with van der Waals surface area (Å²) in [7, 11) is 0. The van der Waals surface area contributed by atoms with Gasteiger partial charge in [-0.05, 0) is 37.1 Å². The van der Waals surface area contributed by atoms with Gasteiger partial charge >= 0.3 is 0 Å². The van der Waals surface area contributed by atoms with E-state index in [1.165, 1.54) is 18.2 Å². The first kappa shape index (κ1) is 21.5. The van der Waals surface area contributed by atoms with E-state index in [9.17, 15) is 14.9 Å². The maximum atomic E-state index is 12.9.